The molecule has 5 amide bonds. The highest BCUT2D eigenvalue weighted by Crippen LogP contribution is 2.65. The lowest BCUT2D eigenvalue weighted by molar-refractivity contribution is -0.145. The first kappa shape index (κ1) is 33.0. The summed E-state index contributed by atoms with van der Waals surface area (Å²) in [5.74, 6) is -2.32. The van der Waals surface area contributed by atoms with Gasteiger partial charge in [-0.3, -0.25) is 19.2 Å². The van der Waals surface area contributed by atoms with E-state index in [1.165, 1.54) is 0 Å². The number of nitrogens with one attached hydrogen (secondary N) is 4. The molecule has 10 heteroatoms. The monoisotopic (exact) mass is 559 g/mol. The highest BCUT2D eigenvalue weighted by molar-refractivity contribution is 6.38. The number of likely N-dealkylation sites (tertiary alicyclic amines) is 1. The van der Waals surface area contributed by atoms with Crippen molar-refractivity contribution in [3.63, 3.8) is 0 Å². The van der Waals surface area contributed by atoms with Gasteiger partial charge >= 0.3 is 6.03 Å². The smallest absolute Gasteiger partial charge is 0.315 e. The number of ketones is 1. The van der Waals surface area contributed by atoms with Crippen molar-refractivity contribution >= 4 is 29.5 Å². The van der Waals surface area contributed by atoms with Crippen molar-refractivity contribution in [2.75, 3.05) is 13.1 Å². The molecule has 1 saturated carbocycles. The number of nitrogens with zero attached hydrogens (tertiary/aromatic N) is 1. The van der Waals surface area contributed by atoms with Crippen LogP contribution in [-0.4, -0.2) is 71.2 Å². The van der Waals surface area contributed by atoms with Crippen LogP contribution in [0.25, 0.3) is 0 Å². The van der Waals surface area contributed by atoms with E-state index < -0.39 is 52.7 Å². The molecule has 224 valence electrons. The Morgan fingerprint density at radius 2 is 1.68 bits per heavy atom. The van der Waals surface area contributed by atoms with Crippen molar-refractivity contribution in [3.05, 3.63) is 24.8 Å². The van der Waals surface area contributed by atoms with Crippen LogP contribution >= 0.6 is 0 Å². The third-order valence-electron chi connectivity index (χ3n) is 7.77. The van der Waals surface area contributed by atoms with E-state index in [0.29, 0.717) is 13.0 Å². The summed E-state index contributed by atoms with van der Waals surface area (Å²) in [5, 5.41) is 11.0. The fraction of sp³-hybridized carbons (Fsp3) is 0.700. The quantitative estimate of drug-likeness (QED) is 0.228. The largest absolute Gasteiger partial charge is 0.346 e. The predicted molar refractivity (Wildman–Crippen MR) is 155 cm³/mol. The topological polar surface area (TPSA) is 137 Å². The van der Waals surface area contributed by atoms with E-state index in [-0.39, 0.29) is 36.1 Å². The Morgan fingerprint density at radius 3 is 2.20 bits per heavy atom. The number of amides is 5. The molecule has 1 saturated heterocycles. The molecule has 0 aromatic carbocycles. The maximum absolute atomic E-state index is 14.0. The minimum atomic E-state index is -1.05. The molecule has 2 fully saturated rings. The van der Waals surface area contributed by atoms with Crippen LogP contribution < -0.4 is 21.3 Å². The summed E-state index contributed by atoms with van der Waals surface area (Å²) < 4.78 is 0. The van der Waals surface area contributed by atoms with E-state index in [0.717, 1.165) is 0 Å². The summed E-state index contributed by atoms with van der Waals surface area (Å²) in [6.45, 7) is 21.3. The van der Waals surface area contributed by atoms with E-state index in [9.17, 15) is 24.0 Å². The van der Waals surface area contributed by atoms with Gasteiger partial charge in [-0.2, -0.15) is 0 Å². The number of urea groups is 1. The zero-order chi connectivity index (χ0) is 30.6. The number of rotatable bonds is 11. The molecule has 4 N–H and O–H groups in total. The summed E-state index contributed by atoms with van der Waals surface area (Å²) >= 11 is 0. The molecule has 0 aromatic heterocycles. The van der Waals surface area contributed by atoms with Gasteiger partial charge in [0.2, 0.25) is 17.6 Å². The van der Waals surface area contributed by atoms with Crippen LogP contribution in [0.15, 0.2) is 24.8 Å². The van der Waals surface area contributed by atoms with Gasteiger partial charge in [-0.15, -0.1) is 6.58 Å². The second-order valence-corrected chi connectivity index (χ2v) is 13.6. The van der Waals surface area contributed by atoms with E-state index in [2.05, 4.69) is 41.7 Å². The molecule has 0 aromatic rings. The Labute approximate surface area is 239 Å². The average Bonchev–Trinajstić information content (AvgIpc) is 3.15. The second kappa shape index (κ2) is 12.6. The maximum atomic E-state index is 14.0. The molecule has 10 nitrogen and oxygen atoms in total. The number of allylic oxidation sites excluding steroid dienone is 2. The Kier molecular flexibility index (Phi) is 10.4. The van der Waals surface area contributed by atoms with Gasteiger partial charge in [0.1, 0.15) is 12.1 Å². The molecule has 1 aliphatic carbocycles. The highest BCUT2D eigenvalue weighted by atomic mass is 16.2. The second-order valence-electron chi connectivity index (χ2n) is 13.6. The molecule has 2 rings (SSSR count). The third-order valence-corrected chi connectivity index (χ3v) is 7.77. The fourth-order valence-corrected chi connectivity index (χ4v) is 5.46. The van der Waals surface area contributed by atoms with Crippen molar-refractivity contribution in [3.8, 4) is 0 Å². The van der Waals surface area contributed by atoms with Crippen LogP contribution in [0.3, 0.4) is 0 Å². The molecule has 40 heavy (non-hydrogen) atoms. The summed E-state index contributed by atoms with van der Waals surface area (Å²) in [7, 11) is 0. The van der Waals surface area contributed by atoms with E-state index in [4.69, 9.17) is 0 Å². The van der Waals surface area contributed by atoms with Gasteiger partial charge in [-0.05, 0) is 63.2 Å². The molecule has 2 aliphatic rings. The first-order valence-electron chi connectivity index (χ1n) is 14.1. The molecule has 1 aliphatic heterocycles. The first-order chi connectivity index (χ1) is 18.4. The number of Topliss-reactive ketones (excluding diaryl/α,β-unsaturated/α-hetero) is 1. The first-order valence-corrected chi connectivity index (χ1v) is 14.1. The molecule has 5 atom stereocenters. The normalized spacial score (nSPS) is 23.0. The molecule has 0 bridgehead atoms. The van der Waals surface area contributed by atoms with Crippen LogP contribution in [0, 0.1) is 22.7 Å². The van der Waals surface area contributed by atoms with E-state index >= 15 is 0 Å². The van der Waals surface area contributed by atoms with Gasteiger partial charge in [0.15, 0.2) is 0 Å². The molecule has 0 spiro atoms. The number of carbonyl (C=O) groups is 5. The van der Waals surface area contributed by atoms with Crippen LogP contribution in [0.1, 0.15) is 75.2 Å². The summed E-state index contributed by atoms with van der Waals surface area (Å²) in [5.41, 5.74) is -1.29. The molecule has 0 radical (unpaired) electrons. The number of fused-ring (bicyclic) bond motifs is 1. The van der Waals surface area contributed by atoms with E-state index in [1.54, 1.807) is 30.1 Å². The fourth-order valence-electron chi connectivity index (χ4n) is 5.46. The highest BCUT2D eigenvalue weighted by Gasteiger charge is 2.69. The number of carbonyl (C=O) groups excluding carboxylic acids is 5. The van der Waals surface area contributed by atoms with Gasteiger partial charge in [-0.1, -0.05) is 52.8 Å². The van der Waals surface area contributed by atoms with Crippen molar-refractivity contribution < 1.29 is 24.0 Å². The van der Waals surface area contributed by atoms with Crippen molar-refractivity contribution in [2.24, 2.45) is 22.7 Å². The van der Waals surface area contributed by atoms with Gasteiger partial charge in [0.05, 0.1) is 6.04 Å². The van der Waals surface area contributed by atoms with Gasteiger partial charge < -0.3 is 26.2 Å². The van der Waals surface area contributed by atoms with Crippen molar-refractivity contribution in [2.45, 2.75) is 98.8 Å². The predicted octanol–water partition coefficient (Wildman–Crippen LogP) is 2.69. The van der Waals surface area contributed by atoms with Crippen molar-refractivity contribution in [1.82, 2.24) is 26.2 Å². The van der Waals surface area contributed by atoms with Crippen LogP contribution in [0.2, 0.25) is 0 Å². The number of piperidine rings is 1. The average molecular weight is 560 g/mol. The van der Waals surface area contributed by atoms with Crippen LogP contribution in [-0.2, 0) is 19.2 Å². The maximum Gasteiger partial charge on any atom is 0.315 e. The standard InChI is InChI=1S/C30H49N5O5/c1-11-13-15-19(22(36)25(38)31-16-14-12-2)32-24(37)21-20-18(30(20,9)10)17-35(21)26(39)23(28(3,4)5)33-27(40)34-29(6,7)8/h11-12,14,18-21,23H,1,13,15-17H2,2-10H3,(H,31,38)(H,32,37)(H2,33,34,40)/t18-,19?,20-,21-,23+/m0/s1. The molecule has 1 unspecified atom stereocenters. The summed E-state index contributed by atoms with van der Waals surface area (Å²) in [6, 6.07) is -3.23. The summed E-state index contributed by atoms with van der Waals surface area (Å²) in [4.78, 5) is 67.6. The summed E-state index contributed by atoms with van der Waals surface area (Å²) in [6.07, 6.45) is 5.72. The van der Waals surface area contributed by atoms with Crippen molar-refractivity contribution in [1.29, 1.82) is 0 Å². The Morgan fingerprint density at radius 1 is 1.05 bits per heavy atom. The Balaban J connectivity index is 2.31. The Hall–Kier alpha value is -3.17. The third kappa shape index (κ3) is 7.95. The molecular formula is C30H49N5O5. The lowest BCUT2D eigenvalue weighted by Crippen LogP contribution is -2.62. The van der Waals surface area contributed by atoms with Crippen LogP contribution in [0.5, 0.6) is 0 Å². The molecule has 1 heterocycles. The SMILES string of the molecule is C=CCCC(NC(=O)[C@@H]1[C@@H]2[C@H](CN1C(=O)[C@@H](NC(=O)NC(C)(C)C)C(C)(C)C)C2(C)C)C(=O)C(=O)NCC=CC. The number of hydrogen-bond donors (Lipinski definition) is 4. The van der Waals surface area contributed by atoms with E-state index in [1.807, 2.05) is 41.5 Å². The van der Waals surface area contributed by atoms with Gasteiger partial charge in [-0.25, -0.2) is 4.79 Å². The lowest BCUT2D eigenvalue weighted by atomic mass is 9.85. The number of hydrogen-bond acceptors (Lipinski definition) is 5. The lowest BCUT2D eigenvalue weighted by Gasteiger charge is -2.38. The molecular weight excluding hydrogens is 510 g/mol. The van der Waals surface area contributed by atoms with Crippen LogP contribution in [0.4, 0.5) is 4.79 Å². The Bertz CT molecular complexity index is 1040. The zero-order valence-corrected chi connectivity index (χ0v) is 25.6. The zero-order valence-electron chi connectivity index (χ0n) is 25.6. The minimum absolute atomic E-state index is 0.0980. The van der Waals surface area contributed by atoms with Gasteiger partial charge in [0, 0.05) is 18.6 Å². The minimum Gasteiger partial charge on any atom is -0.346 e. The van der Waals surface area contributed by atoms with Gasteiger partial charge in [0.25, 0.3) is 5.91 Å².